The minimum absolute atomic E-state index is 0.0989. The summed E-state index contributed by atoms with van der Waals surface area (Å²) in [6, 6.07) is 6.21. The number of halogens is 2. The van der Waals surface area contributed by atoms with Crippen LogP contribution in [0.1, 0.15) is 5.56 Å². The van der Waals surface area contributed by atoms with Gasteiger partial charge in [-0.1, -0.05) is 12.1 Å². The molecule has 8 heteroatoms. The molecular formula is C11H11F2N3O2S. The van der Waals surface area contributed by atoms with Gasteiger partial charge in [0, 0.05) is 6.26 Å². The number of benzene rings is 1. The Bertz CT molecular complexity index is 572. The van der Waals surface area contributed by atoms with Crippen LogP contribution in [0.2, 0.25) is 0 Å². The van der Waals surface area contributed by atoms with E-state index in [-0.39, 0.29) is 5.75 Å². The van der Waals surface area contributed by atoms with Gasteiger partial charge in [0.25, 0.3) is 0 Å². The largest absolute Gasteiger partial charge is 0.435 e. The summed E-state index contributed by atoms with van der Waals surface area (Å²) in [5, 5.41) is 7.82. The lowest BCUT2D eigenvalue weighted by Gasteiger charge is -2.07. The van der Waals surface area contributed by atoms with Crippen LogP contribution in [-0.4, -0.2) is 31.8 Å². The van der Waals surface area contributed by atoms with Gasteiger partial charge in [0.15, 0.2) is 0 Å². The van der Waals surface area contributed by atoms with E-state index in [9.17, 15) is 13.0 Å². The Balaban J connectivity index is 2.11. The Morgan fingerprint density at radius 3 is 2.63 bits per heavy atom. The van der Waals surface area contributed by atoms with Gasteiger partial charge in [0.05, 0.1) is 17.3 Å². The molecule has 1 aromatic carbocycles. The fourth-order valence-electron chi connectivity index (χ4n) is 1.55. The van der Waals surface area contributed by atoms with Gasteiger partial charge in [-0.25, -0.2) is 0 Å². The number of nitrogens with zero attached hydrogens (tertiary/aromatic N) is 3. The third-order valence-electron chi connectivity index (χ3n) is 2.34. The summed E-state index contributed by atoms with van der Waals surface area (Å²) in [6.07, 6.45) is 2.99. The highest BCUT2D eigenvalue weighted by Gasteiger charge is 2.09. The van der Waals surface area contributed by atoms with Gasteiger partial charge in [-0.2, -0.15) is 8.78 Å². The Kier molecular flexibility index (Phi) is 4.20. The highest BCUT2D eigenvalue weighted by molar-refractivity contribution is 7.84. The average molecular weight is 287 g/mol. The highest BCUT2D eigenvalue weighted by Crippen LogP contribution is 2.16. The smallest absolute Gasteiger partial charge is 0.387 e. The Morgan fingerprint density at radius 2 is 2.05 bits per heavy atom. The lowest BCUT2D eigenvalue weighted by molar-refractivity contribution is -0.0498. The molecule has 0 unspecified atom stereocenters. The van der Waals surface area contributed by atoms with E-state index < -0.39 is 17.4 Å². The number of aromatic nitrogens is 3. The van der Waals surface area contributed by atoms with Gasteiger partial charge >= 0.3 is 6.61 Å². The average Bonchev–Trinajstić information content (AvgIpc) is 2.79. The summed E-state index contributed by atoms with van der Waals surface area (Å²) < 4.78 is 41.3. The zero-order valence-electron chi connectivity index (χ0n) is 9.99. The quantitative estimate of drug-likeness (QED) is 0.839. The van der Waals surface area contributed by atoms with E-state index in [0.29, 0.717) is 11.7 Å². The van der Waals surface area contributed by atoms with Crippen molar-refractivity contribution in [3.05, 3.63) is 36.2 Å². The summed E-state index contributed by atoms with van der Waals surface area (Å²) in [4.78, 5) is 0. The van der Waals surface area contributed by atoms with Crippen molar-refractivity contribution in [3.63, 3.8) is 0 Å². The van der Waals surface area contributed by atoms with Crippen LogP contribution in [0.3, 0.4) is 0 Å². The van der Waals surface area contributed by atoms with E-state index in [1.165, 1.54) is 24.7 Å². The first-order chi connectivity index (χ1) is 9.06. The maximum atomic E-state index is 12.0. The van der Waals surface area contributed by atoms with Crippen LogP contribution in [0.4, 0.5) is 8.78 Å². The molecule has 0 bridgehead atoms. The van der Waals surface area contributed by atoms with E-state index in [1.807, 2.05) is 0 Å². The third-order valence-corrected chi connectivity index (χ3v) is 3.17. The van der Waals surface area contributed by atoms with Crippen LogP contribution >= 0.6 is 0 Å². The molecule has 0 spiro atoms. The molecule has 0 saturated carbocycles. The topological polar surface area (TPSA) is 57.0 Å². The van der Waals surface area contributed by atoms with E-state index in [2.05, 4.69) is 14.9 Å². The molecule has 0 amide bonds. The van der Waals surface area contributed by atoms with Crippen molar-refractivity contribution in [1.29, 1.82) is 0 Å². The van der Waals surface area contributed by atoms with Gasteiger partial charge in [-0.15, -0.1) is 10.2 Å². The summed E-state index contributed by atoms with van der Waals surface area (Å²) in [5.74, 6) is 0.0989. The second-order valence-corrected chi connectivity index (χ2v) is 4.99. The molecule has 1 aromatic heterocycles. The van der Waals surface area contributed by atoms with E-state index in [4.69, 9.17) is 0 Å². The Hall–Kier alpha value is -1.83. The molecule has 0 fully saturated rings. The molecule has 0 saturated heterocycles. The Morgan fingerprint density at radius 1 is 1.37 bits per heavy atom. The molecule has 5 nitrogen and oxygen atoms in total. The maximum Gasteiger partial charge on any atom is 0.387 e. The molecule has 0 aliphatic heterocycles. The predicted molar refractivity (Wildman–Crippen MR) is 64.5 cm³/mol. The number of ether oxygens (including phenoxy) is 1. The number of hydrogen-bond acceptors (Lipinski definition) is 4. The van der Waals surface area contributed by atoms with Crippen LogP contribution in [0.25, 0.3) is 0 Å². The summed E-state index contributed by atoms with van der Waals surface area (Å²) in [7, 11) is -1.23. The van der Waals surface area contributed by atoms with Crippen molar-refractivity contribution in [1.82, 2.24) is 14.8 Å². The summed E-state index contributed by atoms with van der Waals surface area (Å²) >= 11 is 0. The van der Waals surface area contributed by atoms with Crippen molar-refractivity contribution in [2.24, 2.45) is 0 Å². The zero-order chi connectivity index (χ0) is 13.8. The maximum absolute atomic E-state index is 12.0. The Labute approximate surface area is 110 Å². The molecule has 1 atom stereocenters. The SMILES string of the molecule is C[S@@](=O)c1nncn1Cc1ccc(OC(F)F)cc1. The van der Waals surface area contributed by atoms with E-state index in [1.54, 1.807) is 16.7 Å². The molecule has 102 valence electrons. The van der Waals surface area contributed by atoms with Gasteiger partial charge in [0.2, 0.25) is 5.16 Å². The van der Waals surface area contributed by atoms with Gasteiger partial charge < -0.3 is 9.30 Å². The molecular weight excluding hydrogens is 276 g/mol. The number of hydrogen-bond donors (Lipinski definition) is 0. The minimum Gasteiger partial charge on any atom is -0.435 e. The standard InChI is InChI=1S/C11H11F2N3O2S/c1-19(17)11-15-14-7-16(11)6-8-2-4-9(5-3-8)18-10(12)13/h2-5,7,10H,6H2,1H3/t19-/m1/s1. The lowest BCUT2D eigenvalue weighted by Crippen LogP contribution is -2.06. The molecule has 2 aromatic rings. The van der Waals surface area contributed by atoms with Gasteiger partial charge in [-0.05, 0) is 17.7 Å². The fourth-order valence-corrected chi connectivity index (χ4v) is 2.15. The molecule has 2 rings (SSSR count). The van der Waals surface area contributed by atoms with Crippen molar-refractivity contribution >= 4 is 10.8 Å². The first-order valence-electron chi connectivity index (χ1n) is 5.31. The van der Waals surface area contributed by atoms with Crippen molar-refractivity contribution < 1.29 is 17.7 Å². The predicted octanol–water partition coefficient (Wildman–Crippen LogP) is 1.67. The van der Waals surface area contributed by atoms with Crippen LogP contribution in [0, 0.1) is 0 Å². The summed E-state index contributed by atoms with van der Waals surface area (Å²) in [5.41, 5.74) is 0.841. The molecule has 0 radical (unpaired) electrons. The van der Waals surface area contributed by atoms with Gasteiger partial charge in [0.1, 0.15) is 12.1 Å². The van der Waals surface area contributed by atoms with Crippen LogP contribution in [0.15, 0.2) is 35.7 Å². The second-order valence-electron chi connectivity index (χ2n) is 3.72. The van der Waals surface area contributed by atoms with Crippen molar-refractivity contribution in [2.75, 3.05) is 6.26 Å². The van der Waals surface area contributed by atoms with Crippen molar-refractivity contribution in [2.45, 2.75) is 18.3 Å². The first kappa shape index (κ1) is 13.6. The van der Waals surface area contributed by atoms with E-state index in [0.717, 1.165) is 5.56 Å². The fraction of sp³-hybridized carbons (Fsp3) is 0.273. The van der Waals surface area contributed by atoms with Crippen LogP contribution in [0.5, 0.6) is 5.75 Å². The lowest BCUT2D eigenvalue weighted by atomic mass is 10.2. The molecule has 0 aliphatic rings. The molecule has 19 heavy (non-hydrogen) atoms. The molecule has 1 heterocycles. The van der Waals surface area contributed by atoms with Crippen molar-refractivity contribution in [3.8, 4) is 5.75 Å². The van der Waals surface area contributed by atoms with Gasteiger partial charge in [-0.3, -0.25) is 4.21 Å². The van der Waals surface area contributed by atoms with E-state index >= 15 is 0 Å². The molecule has 0 aliphatic carbocycles. The minimum atomic E-state index is -2.84. The normalized spacial score (nSPS) is 12.6. The second kappa shape index (κ2) is 5.87. The van der Waals surface area contributed by atoms with Crippen LogP contribution < -0.4 is 4.74 Å². The first-order valence-corrected chi connectivity index (χ1v) is 6.87. The highest BCUT2D eigenvalue weighted by atomic mass is 32.2. The number of alkyl halides is 2. The van der Waals surface area contributed by atoms with Crippen LogP contribution in [-0.2, 0) is 17.3 Å². The monoisotopic (exact) mass is 287 g/mol. The third kappa shape index (κ3) is 3.57. The molecule has 0 N–H and O–H groups in total. The zero-order valence-corrected chi connectivity index (χ0v) is 10.8. The number of rotatable bonds is 5. The summed E-state index contributed by atoms with van der Waals surface area (Å²) in [6.45, 7) is -2.42.